The molecule has 14 heavy (non-hydrogen) atoms. The number of hydrogen-bond donors (Lipinski definition) is 1. The van der Waals surface area contributed by atoms with Crippen molar-refractivity contribution in [3.8, 4) is 0 Å². The fourth-order valence-corrected chi connectivity index (χ4v) is 4.47. The van der Waals surface area contributed by atoms with Crippen molar-refractivity contribution in [3.63, 3.8) is 0 Å². The van der Waals surface area contributed by atoms with Gasteiger partial charge in [-0.25, -0.2) is 22.0 Å². The van der Waals surface area contributed by atoms with Crippen molar-refractivity contribution in [1.29, 1.82) is 0 Å². The lowest BCUT2D eigenvalue weighted by Crippen LogP contribution is -2.39. The summed E-state index contributed by atoms with van der Waals surface area (Å²) in [7, 11) is -6.85. The van der Waals surface area contributed by atoms with Crippen molar-refractivity contribution in [2.45, 2.75) is 19.4 Å². The van der Waals surface area contributed by atoms with Crippen LogP contribution in [-0.2, 0) is 20.0 Å². The first-order valence-electron chi connectivity index (χ1n) is 4.26. The molecule has 0 amide bonds. The predicted octanol–water partition coefficient (Wildman–Crippen LogP) is -1.30. The minimum atomic E-state index is -3.61. The van der Waals surface area contributed by atoms with Crippen LogP contribution in [0.2, 0.25) is 0 Å². The van der Waals surface area contributed by atoms with Crippen LogP contribution in [-0.4, -0.2) is 45.2 Å². The van der Waals surface area contributed by atoms with Gasteiger partial charge in [-0.2, -0.15) is 4.31 Å². The fourth-order valence-electron chi connectivity index (χ4n) is 1.66. The Morgan fingerprint density at radius 2 is 2.07 bits per heavy atom. The highest BCUT2D eigenvalue weighted by Crippen LogP contribution is 2.21. The molecule has 0 radical (unpaired) electrons. The lowest BCUT2D eigenvalue weighted by Gasteiger charge is -2.19. The van der Waals surface area contributed by atoms with Gasteiger partial charge in [-0.3, -0.25) is 0 Å². The van der Waals surface area contributed by atoms with Crippen LogP contribution < -0.4 is 5.14 Å². The van der Waals surface area contributed by atoms with E-state index in [0.29, 0.717) is 13.0 Å². The topological polar surface area (TPSA) is 97.5 Å². The van der Waals surface area contributed by atoms with Gasteiger partial charge in [0.15, 0.2) is 0 Å². The minimum absolute atomic E-state index is 0.0149. The number of nitrogens with two attached hydrogens (primary N) is 1. The first kappa shape index (κ1) is 11.9. The van der Waals surface area contributed by atoms with E-state index in [9.17, 15) is 16.8 Å². The molecule has 1 aliphatic rings. The second-order valence-corrected chi connectivity index (χ2v) is 6.99. The third kappa shape index (κ3) is 2.66. The molecular formula is C6H14N2O4S2. The molecule has 1 unspecified atom stereocenters. The molecule has 1 aliphatic heterocycles. The van der Waals surface area contributed by atoms with Crippen molar-refractivity contribution >= 4 is 20.0 Å². The molecule has 8 heteroatoms. The summed E-state index contributed by atoms with van der Waals surface area (Å²) in [6.07, 6.45) is 0.340. The van der Waals surface area contributed by atoms with E-state index in [0.717, 1.165) is 0 Å². The number of hydrogen-bond acceptors (Lipinski definition) is 4. The second kappa shape index (κ2) is 3.76. The van der Waals surface area contributed by atoms with Crippen molar-refractivity contribution in [1.82, 2.24) is 4.31 Å². The van der Waals surface area contributed by atoms with Crippen LogP contribution in [0.15, 0.2) is 0 Å². The van der Waals surface area contributed by atoms with Crippen LogP contribution in [0.3, 0.4) is 0 Å². The van der Waals surface area contributed by atoms with E-state index in [2.05, 4.69) is 0 Å². The summed E-state index contributed by atoms with van der Waals surface area (Å²) in [5, 5.41) is 4.87. The van der Waals surface area contributed by atoms with Gasteiger partial charge in [0, 0.05) is 12.6 Å². The van der Waals surface area contributed by atoms with Gasteiger partial charge in [-0.1, -0.05) is 6.92 Å². The van der Waals surface area contributed by atoms with E-state index in [1.54, 1.807) is 6.92 Å². The summed E-state index contributed by atoms with van der Waals surface area (Å²) >= 11 is 0. The highest BCUT2D eigenvalue weighted by Gasteiger charge is 2.37. The molecular weight excluding hydrogens is 228 g/mol. The van der Waals surface area contributed by atoms with E-state index < -0.39 is 26.1 Å². The molecule has 0 aromatic heterocycles. The van der Waals surface area contributed by atoms with Gasteiger partial charge in [0.1, 0.15) is 0 Å². The Hall–Kier alpha value is -0.180. The second-order valence-electron chi connectivity index (χ2n) is 3.29. The molecule has 0 aliphatic carbocycles. The highest BCUT2D eigenvalue weighted by molar-refractivity contribution is 7.90. The average Bonchev–Trinajstić information content (AvgIpc) is 2.23. The lowest BCUT2D eigenvalue weighted by molar-refractivity contribution is 0.378. The smallest absolute Gasteiger partial charge is 0.214 e. The molecule has 0 aromatic rings. The summed E-state index contributed by atoms with van der Waals surface area (Å²) in [5.41, 5.74) is 0. The molecule has 0 aromatic carbocycles. The van der Waals surface area contributed by atoms with Gasteiger partial charge >= 0.3 is 0 Å². The van der Waals surface area contributed by atoms with Gasteiger partial charge in [0.2, 0.25) is 20.0 Å². The molecule has 0 saturated carbocycles. The molecule has 84 valence electrons. The largest absolute Gasteiger partial charge is 0.229 e. The lowest BCUT2D eigenvalue weighted by atomic mass is 10.2. The number of sulfonamides is 2. The first-order chi connectivity index (χ1) is 6.26. The predicted molar refractivity (Wildman–Crippen MR) is 52.5 cm³/mol. The minimum Gasteiger partial charge on any atom is -0.229 e. The highest BCUT2D eigenvalue weighted by atomic mass is 32.2. The maximum absolute atomic E-state index is 11.4. The average molecular weight is 242 g/mol. The van der Waals surface area contributed by atoms with Gasteiger partial charge in [-0.05, 0) is 6.42 Å². The van der Waals surface area contributed by atoms with E-state index in [-0.39, 0.29) is 11.5 Å². The maximum atomic E-state index is 11.4. The molecule has 1 rings (SSSR count). The van der Waals surface area contributed by atoms with Crippen LogP contribution >= 0.6 is 0 Å². The number of nitrogens with zero attached hydrogens (tertiary/aromatic N) is 1. The van der Waals surface area contributed by atoms with Crippen molar-refractivity contribution in [3.05, 3.63) is 0 Å². The molecule has 1 saturated heterocycles. The standard InChI is InChI=1S/C6H14N2O4S2/c1-2-8-6(5-13(7,9)10)3-4-14(8,11)12/h6H,2-5H2,1H3,(H2,7,9,10). The summed E-state index contributed by atoms with van der Waals surface area (Å²) in [4.78, 5) is 0. The zero-order valence-electron chi connectivity index (χ0n) is 7.88. The maximum Gasteiger partial charge on any atom is 0.214 e. The van der Waals surface area contributed by atoms with Gasteiger partial charge in [0.05, 0.1) is 11.5 Å². The summed E-state index contributed by atoms with van der Waals surface area (Å²) in [6.45, 7) is 1.97. The molecule has 1 atom stereocenters. The Labute approximate surface area is 84.2 Å². The Morgan fingerprint density at radius 1 is 1.50 bits per heavy atom. The third-order valence-electron chi connectivity index (χ3n) is 2.21. The van der Waals surface area contributed by atoms with Gasteiger partial charge in [-0.15, -0.1) is 0 Å². The molecule has 6 nitrogen and oxygen atoms in total. The van der Waals surface area contributed by atoms with Crippen LogP contribution in [0.5, 0.6) is 0 Å². The summed E-state index contributed by atoms with van der Waals surface area (Å²) in [6, 6.07) is -0.486. The zero-order valence-corrected chi connectivity index (χ0v) is 9.51. The Bertz CT molecular complexity index is 400. The molecule has 0 spiro atoms. The van der Waals surface area contributed by atoms with Crippen LogP contribution in [0.4, 0.5) is 0 Å². The Kier molecular flexibility index (Phi) is 3.20. The quantitative estimate of drug-likeness (QED) is 0.665. The van der Waals surface area contributed by atoms with E-state index in [1.807, 2.05) is 0 Å². The molecule has 1 fully saturated rings. The number of rotatable bonds is 3. The Morgan fingerprint density at radius 3 is 2.50 bits per heavy atom. The fraction of sp³-hybridized carbons (Fsp3) is 1.00. The first-order valence-corrected chi connectivity index (χ1v) is 7.58. The van der Waals surface area contributed by atoms with Crippen LogP contribution in [0, 0.1) is 0 Å². The Balaban J connectivity index is 2.84. The molecule has 1 heterocycles. The van der Waals surface area contributed by atoms with Crippen molar-refractivity contribution < 1.29 is 16.8 Å². The van der Waals surface area contributed by atoms with Gasteiger partial charge < -0.3 is 0 Å². The molecule has 2 N–H and O–H groups in total. The van der Waals surface area contributed by atoms with E-state index in [4.69, 9.17) is 5.14 Å². The monoisotopic (exact) mass is 242 g/mol. The van der Waals surface area contributed by atoms with Gasteiger partial charge in [0.25, 0.3) is 0 Å². The van der Waals surface area contributed by atoms with Crippen LogP contribution in [0.25, 0.3) is 0 Å². The SMILES string of the molecule is CCN1C(CS(N)(=O)=O)CCS1(=O)=O. The van der Waals surface area contributed by atoms with Crippen molar-refractivity contribution in [2.24, 2.45) is 5.14 Å². The third-order valence-corrected chi connectivity index (χ3v) is 5.08. The van der Waals surface area contributed by atoms with Crippen LogP contribution in [0.1, 0.15) is 13.3 Å². The van der Waals surface area contributed by atoms with Crippen molar-refractivity contribution in [2.75, 3.05) is 18.1 Å². The molecule has 0 bridgehead atoms. The zero-order chi connectivity index (χ0) is 11.0. The normalized spacial score (nSPS) is 28.0. The number of primary sulfonamides is 1. The summed E-state index contributed by atoms with van der Waals surface area (Å²) in [5.74, 6) is -0.277. The van der Waals surface area contributed by atoms with E-state index >= 15 is 0 Å². The summed E-state index contributed by atoms with van der Waals surface area (Å²) < 4.78 is 45.6. The van der Waals surface area contributed by atoms with E-state index in [1.165, 1.54) is 4.31 Å².